The number of benzene rings is 1. The molecular formula is C15H18N2O4. The zero-order chi connectivity index (χ0) is 15.6. The van der Waals surface area contributed by atoms with Gasteiger partial charge in [-0.25, -0.2) is 0 Å². The SMILES string of the molecule is CNC(=O)c1ccc(CN(C)C(=O)[C@@H]2C[C@@H]2C(=O)O)cc1. The van der Waals surface area contributed by atoms with Crippen LogP contribution >= 0.6 is 0 Å². The van der Waals surface area contributed by atoms with Gasteiger partial charge in [0.2, 0.25) is 5.91 Å². The summed E-state index contributed by atoms with van der Waals surface area (Å²) in [5, 5.41) is 11.4. The maximum absolute atomic E-state index is 12.0. The molecule has 6 heteroatoms. The zero-order valence-corrected chi connectivity index (χ0v) is 12.0. The van der Waals surface area contributed by atoms with Crippen LogP contribution in [0, 0.1) is 11.8 Å². The first-order valence-electron chi connectivity index (χ1n) is 6.73. The first kappa shape index (κ1) is 15.0. The van der Waals surface area contributed by atoms with Crippen LogP contribution in [0.1, 0.15) is 22.3 Å². The van der Waals surface area contributed by atoms with E-state index in [-0.39, 0.29) is 11.8 Å². The van der Waals surface area contributed by atoms with Crippen molar-refractivity contribution in [3.8, 4) is 0 Å². The number of nitrogens with zero attached hydrogens (tertiary/aromatic N) is 1. The summed E-state index contributed by atoms with van der Waals surface area (Å²) in [7, 11) is 3.23. The monoisotopic (exact) mass is 290 g/mol. The molecule has 21 heavy (non-hydrogen) atoms. The van der Waals surface area contributed by atoms with Crippen LogP contribution in [-0.2, 0) is 16.1 Å². The van der Waals surface area contributed by atoms with Crippen LogP contribution in [0.15, 0.2) is 24.3 Å². The van der Waals surface area contributed by atoms with E-state index in [1.807, 2.05) is 0 Å². The molecule has 2 atom stereocenters. The van der Waals surface area contributed by atoms with Crippen LogP contribution in [-0.4, -0.2) is 41.9 Å². The van der Waals surface area contributed by atoms with E-state index in [1.54, 1.807) is 38.4 Å². The highest BCUT2D eigenvalue weighted by molar-refractivity contribution is 5.94. The average molecular weight is 290 g/mol. The molecule has 1 aliphatic rings. The first-order valence-corrected chi connectivity index (χ1v) is 6.73. The highest BCUT2D eigenvalue weighted by Gasteiger charge is 2.49. The third-order valence-corrected chi connectivity index (χ3v) is 3.66. The summed E-state index contributed by atoms with van der Waals surface area (Å²) in [4.78, 5) is 35.8. The lowest BCUT2D eigenvalue weighted by molar-refractivity contribution is -0.141. The summed E-state index contributed by atoms with van der Waals surface area (Å²) in [6.07, 6.45) is 0.425. The summed E-state index contributed by atoms with van der Waals surface area (Å²) in [6.45, 7) is 0.399. The Bertz CT molecular complexity index is 568. The number of amides is 2. The van der Waals surface area contributed by atoms with Gasteiger partial charge in [0.15, 0.2) is 0 Å². The molecule has 2 amide bonds. The minimum absolute atomic E-state index is 0.141. The van der Waals surface area contributed by atoms with Gasteiger partial charge in [0, 0.05) is 26.2 Å². The Kier molecular flexibility index (Phi) is 4.26. The van der Waals surface area contributed by atoms with Gasteiger partial charge in [-0.15, -0.1) is 0 Å². The smallest absolute Gasteiger partial charge is 0.307 e. The minimum Gasteiger partial charge on any atom is -0.481 e. The lowest BCUT2D eigenvalue weighted by Crippen LogP contribution is -2.28. The fraction of sp³-hybridized carbons (Fsp3) is 0.400. The number of aliphatic carboxylic acids is 1. The highest BCUT2D eigenvalue weighted by Crippen LogP contribution is 2.40. The molecule has 1 fully saturated rings. The number of hydrogen-bond donors (Lipinski definition) is 2. The van der Waals surface area contributed by atoms with Gasteiger partial charge in [0.1, 0.15) is 0 Å². The maximum atomic E-state index is 12.0. The van der Waals surface area contributed by atoms with E-state index in [1.165, 1.54) is 4.90 Å². The van der Waals surface area contributed by atoms with Crippen LogP contribution < -0.4 is 5.32 Å². The molecule has 0 heterocycles. The lowest BCUT2D eigenvalue weighted by atomic mass is 10.1. The van der Waals surface area contributed by atoms with Gasteiger partial charge in [-0.2, -0.15) is 0 Å². The Morgan fingerprint density at radius 3 is 2.33 bits per heavy atom. The molecule has 2 N–H and O–H groups in total. The quantitative estimate of drug-likeness (QED) is 0.837. The molecule has 1 aromatic carbocycles. The maximum Gasteiger partial charge on any atom is 0.307 e. The second-order valence-electron chi connectivity index (χ2n) is 5.26. The average Bonchev–Trinajstić information content (AvgIpc) is 3.27. The molecule has 0 aromatic heterocycles. The van der Waals surface area contributed by atoms with Crippen LogP contribution in [0.4, 0.5) is 0 Å². The van der Waals surface area contributed by atoms with Gasteiger partial charge in [-0.1, -0.05) is 12.1 Å². The Balaban J connectivity index is 1.94. The molecule has 0 aliphatic heterocycles. The topological polar surface area (TPSA) is 86.7 Å². The summed E-state index contributed by atoms with van der Waals surface area (Å²) in [6, 6.07) is 6.97. The predicted octanol–water partition coefficient (Wildman–Crippen LogP) is 0.725. The summed E-state index contributed by atoms with van der Waals surface area (Å²) in [5.41, 5.74) is 1.45. The number of rotatable bonds is 5. The molecule has 1 aliphatic carbocycles. The molecule has 1 aromatic rings. The van der Waals surface area contributed by atoms with Crippen molar-refractivity contribution in [2.24, 2.45) is 11.8 Å². The van der Waals surface area contributed by atoms with Crippen molar-refractivity contribution < 1.29 is 19.5 Å². The van der Waals surface area contributed by atoms with Gasteiger partial charge < -0.3 is 15.3 Å². The summed E-state index contributed by atoms with van der Waals surface area (Å²) < 4.78 is 0. The van der Waals surface area contributed by atoms with E-state index in [9.17, 15) is 14.4 Å². The van der Waals surface area contributed by atoms with Crippen molar-refractivity contribution in [2.45, 2.75) is 13.0 Å². The first-order chi connectivity index (χ1) is 9.93. The molecule has 0 unspecified atom stereocenters. The fourth-order valence-electron chi connectivity index (χ4n) is 2.28. The van der Waals surface area contributed by atoms with Crippen LogP contribution in [0.3, 0.4) is 0 Å². The second kappa shape index (κ2) is 5.95. The number of nitrogens with one attached hydrogen (secondary N) is 1. The van der Waals surface area contributed by atoms with E-state index in [2.05, 4.69) is 5.32 Å². The van der Waals surface area contributed by atoms with Crippen molar-refractivity contribution >= 4 is 17.8 Å². The third-order valence-electron chi connectivity index (χ3n) is 3.66. The standard InChI is InChI=1S/C15H18N2O4/c1-16-13(18)10-5-3-9(4-6-10)8-17(2)14(19)11-7-12(11)15(20)21/h3-6,11-12H,7-8H2,1-2H3,(H,16,18)(H,20,21)/t11-,12+/m1/s1. The Hall–Kier alpha value is -2.37. The molecule has 2 rings (SSSR count). The third kappa shape index (κ3) is 3.39. The molecule has 0 saturated heterocycles. The Labute approximate surface area is 122 Å². The number of carbonyl (C=O) groups excluding carboxylic acids is 2. The number of carboxylic acid groups (broad SMARTS) is 1. The van der Waals surface area contributed by atoms with Gasteiger partial charge in [-0.05, 0) is 24.1 Å². The van der Waals surface area contributed by atoms with Crippen LogP contribution in [0.5, 0.6) is 0 Å². The van der Waals surface area contributed by atoms with Crippen molar-refractivity contribution in [1.29, 1.82) is 0 Å². The van der Waals surface area contributed by atoms with Crippen molar-refractivity contribution in [1.82, 2.24) is 10.2 Å². The number of carboxylic acids is 1. The van der Waals surface area contributed by atoms with E-state index in [0.29, 0.717) is 18.5 Å². The van der Waals surface area contributed by atoms with Crippen molar-refractivity contribution in [3.63, 3.8) is 0 Å². The molecule has 0 spiro atoms. The van der Waals surface area contributed by atoms with Crippen molar-refractivity contribution in [2.75, 3.05) is 14.1 Å². The summed E-state index contributed by atoms with van der Waals surface area (Å²) >= 11 is 0. The molecular weight excluding hydrogens is 272 g/mol. The number of hydrogen-bond acceptors (Lipinski definition) is 3. The Morgan fingerprint density at radius 2 is 1.86 bits per heavy atom. The van der Waals surface area contributed by atoms with Gasteiger partial charge in [0.05, 0.1) is 11.8 Å². The van der Waals surface area contributed by atoms with Crippen LogP contribution in [0.25, 0.3) is 0 Å². The molecule has 112 valence electrons. The number of carbonyl (C=O) groups is 3. The van der Waals surface area contributed by atoms with E-state index >= 15 is 0 Å². The Morgan fingerprint density at radius 1 is 1.24 bits per heavy atom. The zero-order valence-electron chi connectivity index (χ0n) is 12.0. The normalized spacial score (nSPS) is 19.7. The van der Waals surface area contributed by atoms with Crippen LogP contribution in [0.2, 0.25) is 0 Å². The minimum atomic E-state index is -0.906. The summed E-state index contributed by atoms with van der Waals surface area (Å²) in [5.74, 6) is -2.13. The molecule has 0 bridgehead atoms. The lowest BCUT2D eigenvalue weighted by Gasteiger charge is -2.17. The molecule has 6 nitrogen and oxygen atoms in total. The molecule has 1 saturated carbocycles. The highest BCUT2D eigenvalue weighted by atomic mass is 16.4. The fourth-order valence-corrected chi connectivity index (χ4v) is 2.28. The molecule has 0 radical (unpaired) electrons. The van der Waals surface area contributed by atoms with Gasteiger partial charge in [-0.3, -0.25) is 14.4 Å². The van der Waals surface area contributed by atoms with Gasteiger partial charge in [0.25, 0.3) is 5.91 Å². The predicted molar refractivity (Wildman–Crippen MR) is 75.5 cm³/mol. The largest absolute Gasteiger partial charge is 0.481 e. The van der Waals surface area contributed by atoms with E-state index in [4.69, 9.17) is 5.11 Å². The van der Waals surface area contributed by atoms with Crippen molar-refractivity contribution in [3.05, 3.63) is 35.4 Å². The van der Waals surface area contributed by atoms with E-state index in [0.717, 1.165) is 5.56 Å². The van der Waals surface area contributed by atoms with Gasteiger partial charge >= 0.3 is 5.97 Å². The van der Waals surface area contributed by atoms with E-state index < -0.39 is 17.8 Å². The second-order valence-corrected chi connectivity index (χ2v) is 5.26.